The van der Waals surface area contributed by atoms with Crippen molar-refractivity contribution in [3.05, 3.63) is 29.8 Å². The number of anilines is 1. The van der Waals surface area contributed by atoms with Crippen LogP contribution in [0.15, 0.2) is 24.3 Å². The number of nitrogens with one attached hydrogen (secondary N) is 1. The summed E-state index contributed by atoms with van der Waals surface area (Å²) in [6.45, 7) is 3.32. The summed E-state index contributed by atoms with van der Waals surface area (Å²) in [6, 6.07) is 8.35. The molecule has 17 heavy (non-hydrogen) atoms. The molecule has 0 saturated carbocycles. The zero-order valence-electron chi connectivity index (χ0n) is 10.8. The van der Waals surface area contributed by atoms with Crippen LogP contribution < -0.4 is 5.32 Å². The second-order valence-electron chi connectivity index (χ2n) is 4.53. The fourth-order valence-corrected chi connectivity index (χ4v) is 2.07. The lowest BCUT2D eigenvalue weighted by atomic mass is 10.1. The standard InChI is InChI=1S/C15H24ClN/c1-2-3-4-5-6-7-11-17-15-10-8-9-14(12-15)13-16/h8-10,12,17H,2-7,11,13H2,1H3. The Balaban J connectivity index is 2.09. The number of alkyl halides is 1. The SMILES string of the molecule is CCCCCCCCNc1cccc(CCl)c1. The van der Waals surface area contributed by atoms with Crippen molar-refractivity contribution in [3.63, 3.8) is 0 Å². The van der Waals surface area contributed by atoms with Gasteiger partial charge in [-0.3, -0.25) is 0 Å². The van der Waals surface area contributed by atoms with E-state index in [2.05, 4.69) is 36.5 Å². The Morgan fingerprint density at radius 2 is 1.82 bits per heavy atom. The average molecular weight is 254 g/mol. The molecule has 0 aliphatic rings. The summed E-state index contributed by atoms with van der Waals surface area (Å²) in [7, 11) is 0. The molecule has 0 saturated heterocycles. The van der Waals surface area contributed by atoms with E-state index in [0.717, 1.165) is 6.54 Å². The normalized spacial score (nSPS) is 10.5. The number of hydrogen-bond donors (Lipinski definition) is 1. The maximum atomic E-state index is 5.80. The molecule has 0 aliphatic heterocycles. The molecular formula is C15H24ClN. The highest BCUT2D eigenvalue weighted by Crippen LogP contribution is 2.13. The molecule has 0 aliphatic carbocycles. The van der Waals surface area contributed by atoms with Gasteiger partial charge in [0.05, 0.1) is 0 Å². The Hall–Kier alpha value is -0.690. The van der Waals surface area contributed by atoms with Gasteiger partial charge in [0.25, 0.3) is 0 Å². The summed E-state index contributed by atoms with van der Waals surface area (Å²) >= 11 is 5.80. The molecule has 0 heterocycles. The lowest BCUT2D eigenvalue weighted by Crippen LogP contribution is -2.01. The van der Waals surface area contributed by atoms with E-state index >= 15 is 0 Å². The smallest absolute Gasteiger partial charge is 0.0474 e. The quantitative estimate of drug-likeness (QED) is 0.471. The van der Waals surface area contributed by atoms with Crippen LogP contribution in [0.4, 0.5) is 5.69 Å². The van der Waals surface area contributed by atoms with Gasteiger partial charge in [-0.25, -0.2) is 0 Å². The van der Waals surface area contributed by atoms with Crippen LogP contribution in [0.1, 0.15) is 51.0 Å². The first-order valence-electron chi connectivity index (χ1n) is 6.75. The fourth-order valence-electron chi connectivity index (χ4n) is 1.90. The number of benzene rings is 1. The zero-order chi connectivity index (χ0) is 12.3. The van der Waals surface area contributed by atoms with Gasteiger partial charge in [-0.05, 0) is 24.1 Å². The Morgan fingerprint density at radius 1 is 1.06 bits per heavy atom. The second-order valence-corrected chi connectivity index (χ2v) is 4.80. The number of rotatable bonds is 9. The van der Waals surface area contributed by atoms with E-state index in [1.807, 2.05) is 0 Å². The van der Waals surface area contributed by atoms with Crippen molar-refractivity contribution in [2.24, 2.45) is 0 Å². The molecule has 0 fully saturated rings. The Labute approximate surface area is 111 Å². The highest BCUT2D eigenvalue weighted by molar-refractivity contribution is 6.17. The minimum absolute atomic E-state index is 0.590. The minimum atomic E-state index is 0.590. The first kappa shape index (κ1) is 14.4. The number of unbranched alkanes of at least 4 members (excludes halogenated alkanes) is 5. The Bertz CT molecular complexity index is 299. The molecule has 1 rings (SSSR count). The monoisotopic (exact) mass is 253 g/mol. The summed E-state index contributed by atoms with van der Waals surface area (Å²) in [4.78, 5) is 0. The molecule has 1 aromatic rings. The van der Waals surface area contributed by atoms with Crippen LogP contribution in [0.5, 0.6) is 0 Å². The fraction of sp³-hybridized carbons (Fsp3) is 0.600. The van der Waals surface area contributed by atoms with Gasteiger partial charge in [-0.1, -0.05) is 51.2 Å². The van der Waals surface area contributed by atoms with Crippen molar-refractivity contribution in [2.75, 3.05) is 11.9 Å². The number of halogens is 1. The summed E-state index contributed by atoms with van der Waals surface area (Å²) in [5, 5.41) is 3.45. The van der Waals surface area contributed by atoms with Crippen molar-refractivity contribution in [1.82, 2.24) is 0 Å². The van der Waals surface area contributed by atoms with Gasteiger partial charge < -0.3 is 5.32 Å². The van der Waals surface area contributed by atoms with E-state index in [1.165, 1.54) is 49.8 Å². The van der Waals surface area contributed by atoms with Crippen molar-refractivity contribution in [1.29, 1.82) is 0 Å². The molecule has 0 bridgehead atoms. The van der Waals surface area contributed by atoms with Crippen molar-refractivity contribution in [2.45, 2.75) is 51.3 Å². The van der Waals surface area contributed by atoms with E-state index in [4.69, 9.17) is 11.6 Å². The van der Waals surface area contributed by atoms with Gasteiger partial charge in [0.1, 0.15) is 0 Å². The van der Waals surface area contributed by atoms with Crippen LogP contribution in [-0.4, -0.2) is 6.54 Å². The third kappa shape index (κ3) is 6.58. The van der Waals surface area contributed by atoms with Gasteiger partial charge >= 0.3 is 0 Å². The van der Waals surface area contributed by atoms with Gasteiger partial charge in [-0.15, -0.1) is 11.6 Å². The van der Waals surface area contributed by atoms with Gasteiger partial charge in [-0.2, -0.15) is 0 Å². The number of hydrogen-bond acceptors (Lipinski definition) is 1. The molecular weight excluding hydrogens is 230 g/mol. The molecule has 0 atom stereocenters. The predicted molar refractivity (Wildman–Crippen MR) is 77.9 cm³/mol. The van der Waals surface area contributed by atoms with Crippen molar-refractivity contribution in [3.8, 4) is 0 Å². The van der Waals surface area contributed by atoms with Gasteiger partial charge in [0, 0.05) is 18.1 Å². The first-order chi connectivity index (χ1) is 8.36. The van der Waals surface area contributed by atoms with E-state index < -0.39 is 0 Å². The topological polar surface area (TPSA) is 12.0 Å². The van der Waals surface area contributed by atoms with Crippen LogP contribution >= 0.6 is 11.6 Å². The molecule has 1 aromatic carbocycles. The van der Waals surface area contributed by atoms with Gasteiger partial charge in [0.2, 0.25) is 0 Å². The lowest BCUT2D eigenvalue weighted by Gasteiger charge is -2.07. The van der Waals surface area contributed by atoms with Crippen LogP contribution in [0.25, 0.3) is 0 Å². The second kappa shape index (κ2) is 9.35. The largest absolute Gasteiger partial charge is 0.385 e. The van der Waals surface area contributed by atoms with E-state index in [-0.39, 0.29) is 0 Å². The lowest BCUT2D eigenvalue weighted by molar-refractivity contribution is 0.617. The van der Waals surface area contributed by atoms with Crippen LogP contribution in [0, 0.1) is 0 Å². The maximum absolute atomic E-state index is 5.80. The molecule has 0 aromatic heterocycles. The molecule has 2 heteroatoms. The Morgan fingerprint density at radius 3 is 2.59 bits per heavy atom. The average Bonchev–Trinajstić information content (AvgIpc) is 2.38. The van der Waals surface area contributed by atoms with Crippen molar-refractivity contribution < 1.29 is 0 Å². The third-order valence-electron chi connectivity index (χ3n) is 2.94. The third-order valence-corrected chi connectivity index (χ3v) is 3.25. The van der Waals surface area contributed by atoms with Gasteiger partial charge in [0.15, 0.2) is 0 Å². The van der Waals surface area contributed by atoms with E-state index in [0.29, 0.717) is 5.88 Å². The molecule has 1 nitrogen and oxygen atoms in total. The summed E-state index contributed by atoms with van der Waals surface area (Å²) < 4.78 is 0. The summed E-state index contributed by atoms with van der Waals surface area (Å²) in [5.74, 6) is 0.590. The van der Waals surface area contributed by atoms with Crippen molar-refractivity contribution >= 4 is 17.3 Å². The molecule has 0 unspecified atom stereocenters. The molecule has 1 N–H and O–H groups in total. The highest BCUT2D eigenvalue weighted by Gasteiger charge is 1.94. The Kier molecular flexibility index (Phi) is 7.91. The molecule has 0 radical (unpaired) electrons. The minimum Gasteiger partial charge on any atom is -0.385 e. The van der Waals surface area contributed by atoms with Crippen LogP contribution in [-0.2, 0) is 5.88 Å². The summed E-state index contributed by atoms with van der Waals surface area (Å²) in [5.41, 5.74) is 2.37. The molecule has 0 amide bonds. The summed E-state index contributed by atoms with van der Waals surface area (Å²) in [6.07, 6.45) is 8.06. The highest BCUT2D eigenvalue weighted by atomic mass is 35.5. The first-order valence-corrected chi connectivity index (χ1v) is 7.29. The molecule has 0 spiro atoms. The van der Waals surface area contributed by atoms with Crippen LogP contribution in [0.2, 0.25) is 0 Å². The van der Waals surface area contributed by atoms with E-state index in [1.54, 1.807) is 0 Å². The predicted octanol–water partition coefficient (Wildman–Crippen LogP) is 5.20. The maximum Gasteiger partial charge on any atom is 0.0474 e. The van der Waals surface area contributed by atoms with Crippen LogP contribution in [0.3, 0.4) is 0 Å². The van der Waals surface area contributed by atoms with E-state index in [9.17, 15) is 0 Å². The zero-order valence-corrected chi connectivity index (χ0v) is 11.6. The molecule has 96 valence electrons.